The van der Waals surface area contributed by atoms with E-state index in [-0.39, 0.29) is 27.5 Å². The van der Waals surface area contributed by atoms with Crippen molar-refractivity contribution in [2.75, 3.05) is 14.2 Å². The molecule has 2 rings (SSSR count). The van der Waals surface area contributed by atoms with Gasteiger partial charge in [-0.1, -0.05) is 11.6 Å². The number of carbonyl (C=O) groups is 1. The molecule has 104 valence electrons. The van der Waals surface area contributed by atoms with Crippen LogP contribution in [0.1, 0.15) is 10.4 Å². The summed E-state index contributed by atoms with van der Waals surface area (Å²) in [6.07, 6.45) is 2.79. The predicted octanol–water partition coefficient (Wildman–Crippen LogP) is 3.34. The average Bonchev–Trinajstić information content (AvgIpc) is 2.49. The molecule has 0 radical (unpaired) electrons. The predicted molar refractivity (Wildman–Crippen MR) is 72.5 cm³/mol. The SMILES string of the molecule is COC(=O)c1ccncc1-c1c(OC)ccc(Cl)c1F. The van der Waals surface area contributed by atoms with Crippen molar-refractivity contribution in [3.05, 3.63) is 47.0 Å². The number of carbonyl (C=O) groups excluding carboxylic acids is 1. The van der Waals surface area contributed by atoms with Crippen molar-refractivity contribution in [2.24, 2.45) is 0 Å². The molecule has 0 bridgehead atoms. The van der Waals surface area contributed by atoms with Gasteiger partial charge in [-0.25, -0.2) is 9.18 Å². The van der Waals surface area contributed by atoms with Gasteiger partial charge in [-0.3, -0.25) is 4.98 Å². The maximum absolute atomic E-state index is 14.3. The molecule has 1 heterocycles. The number of hydrogen-bond donors (Lipinski definition) is 0. The van der Waals surface area contributed by atoms with Crippen molar-refractivity contribution in [3.8, 4) is 16.9 Å². The van der Waals surface area contributed by atoms with Gasteiger partial charge in [0.25, 0.3) is 0 Å². The smallest absolute Gasteiger partial charge is 0.338 e. The lowest BCUT2D eigenvalue weighted by Gasteiger charge is -2.13. The topological polar surface area (TPSA) is 48.4 Å². The van der Waals surface area contributed by atoms with Crippen molar-refractivity contribution >= 4 is 17.6 Å². The highest BCUT2D eigenvalue weighted by atomic mass is 35.5. The Hall–Kier alpha value is -2.14. The molecule has 2 aromatic rings. The van der Waals surface area contributed by atoms with Gasteiger partial charge in [0.2, 0.25) is 0 Å². The lowest BCUT2D eigenvalue weighted by Crippen LogP contribution is -2.05. The Bertz CT molecular complexity index is 661. The first-order valence-corrected chi connectivity index (χ1v) is 6.02. The molecule has 4 nitrogen and oxygen atoms in total. The monoisotopic (exact) mass is 295 g/mol. The summed E-state index contributed by atoms with van der Waals surface area (Å²) in [5.74, 6) is -1.02. The van der Waals surface area contributed by atoms with E-state index >= 15 is 0 Å². The van der Waals surface area contributed by atoms with Crippen molar-refractivity contribution in [1.82, 2.24) is 4.98 Å². The van der Waals surface area contributed by atoms with Crippen LogP contribution in [-0.2, 0) is 4.74 Å². The molecule has 0 spiro atoms. The Balaban J connectivity index is 2.75. The van der Waals surface area contributed by atoms with Crippen LogP contribution >= 0.6 is 11.6 Å². The number of rotatable bonds is 3. The summed E-state index contributed by atoms with van der Waals surface area (Å²) in [6.45, 7) is 0. The quantitative estimate of drug-likeness (QED) is 0.815. The molecule has 0 atom stereocenters. The van der Waals surface area contributed by atoms with Gasteiger partial charge in [0.1, 0.15) is 5.75 Å². The molecule has 20 heavy (non-hydrogen) atoms. The van der Waals surface area contributed by atoms with E-state index in [0.717, 1.165) is 0 Å². The molecule has 6 heteroatoms. The van der Waals surface area contributed by atoms with Gasteiger partial charge in [-0.05, 0) is 18.2 Å². The molecule has 0 N–H and O–H groups in total. The summed E-state index contributed by atoms with van der Waals surface area (Å²) in [7, 11) is 2.65. The number of halogens is 2. The molecular weight excluding hydrogens is 285 g/mol. The van der Waals surface area contributed by atoms with E-state index in [1.54, 1.807) is 0 Å². The Kier molecular flexibility index (Phi) is 4.20. The van der Waals surface area contributed by atoms with Gasteiger partial charge in [0.15, 0.2) is 5.82 Å². The average molecular weight is 296 g/mol. The number of hydrogen-bond acceptors (Lipinski definition) is 4. The lowest BCUT2D eigenvalue weighted by atomic mass is 10.0. The summed E-state index contributed by atoms with van der Waals surface area (Å²) in [6, 6.07) is 4.35. The van der Waals surface area contributed by atoms with Crippen LogP contribution in [0.2, 0.25) is 5.02 Å². The van der Waals surface area contributed by atoms with Gasteiger partial charge >= 0.3 is 5.97 Å². The van der Waals surface area contributed by atoms with Gasteiger partial charge in [0, 0.05) is 18.0 Å². The van der Waals surface area contributed by atoms with Gasteiger partial charge in [-0.15, -0.1) is 0 Å². The zero-order valence-corrected chi connectivity index (χ0v) is 11.6. The van der Waals surface area contributed by atoms with Crippen LogP contribution < -0.4 is 4.74 Å². The maximum atomic E-state index is 14.3. The molecule has 0 saturated heterocycles. The summed E-state index contributed by atoms with van der Waals surface area (Å²) < 4.78 is 24.1. The Labute approximate surface area is 120 Å². The molecular formula is C14H11ClFNO3. The maximum Gasteiger partial charge on any atom is 0.338 e. The molecule has 0 aliphatic rings. The molecule has 0 saturated carbocycles. The Morgan fingerprint density at radius 1 is 1.30 bits per heavy atom. The molecule has 1 aromatic heterocycles. The second kappa shape index (κ2) is 5.88. The molecule has 0 unspecified atom stereocenters. The van der Waals surface area contributed by atoms with E-state index in [0.29, 0.717) is 0 Å². The van der Waals surface area contributed by atoms with Crippen LogP contribution in [0.5, 0.6) is 5.75 Å². The third kappa shape index (κ3) is 2.44. The lowest BCUT2D eigenvalue weighted by molar-refractivity contribution is 0.0601. The minimum atomic E-state index is -0.677. The number of benzene rings is 1. The molecule has 1 aromatic carbocycles. The van der Waals surface area contributed by atoms with Crippen LogP contribution in [0.3, 0.4) is 0 Å². The third-order valence-corrected chi connectivity index (χ3v) is 3.06. The highest BCUT2D eigenvalue weighted by Gasteiger charge is 2.21. The van der Waals surface area contributed by atoms with Gasteiger partial charge < -0.3 is 9.47 Å². The molecule has 0 fully saturated rings. The minimum Gasteiger partial charge on any atom is -0.496 e. The minimum absolute atomic E-state index is 0.0690. The highest BCUT2D eigenvalue weighted by molar-refractivity contribution is 6.31. The van der Waals surface area contributed by atoms with E-state index in [2.05, 4.69) is 9.72 Å². The van der Waals surface area contributed by atoms with Gasteiger partial charge in [-0.2, -0.15) is 0 Å². The van der Waals surface area contributed by atoms with Crippen molar-refractivity contribution in [3.63, 3.8) is 0 Å². The van der Waals surface area contributed by atoms with E-state index < -0.39 is 11.8 Å². The summed E-state index contributed by atoms with van der Waals surface area (Å²) >= 11 is 5.79. The Morgan fingerprint density at radius 3 is 2.70 bits per heavy atom. The molecule has 0 amide bonds. The van der Waals surface area contributed by atoms with Crippen LogP contribution in [0.15, 0.2) is 30.6 Å². The zero-order chi connectivity index (χ0) is 14.7. The number of ether oxygens (including phenoxy) is 2. The second-order valence-corrected chi connectivity index (χ2v) is 4.26. The van der Waals surface area contributed by atoms with E-state index in [9.17, 15) is 9.18 Å². The van der Waals surface area contributed by atoms with Crippen LogP contribution in [0, 0.1) is 5.82 Å². The normalized spacial score (nSPS) is 10.2. The summed E-state index contributed by atoms with van der Waals surface area (Å²) in [5.41, 5.74) is 0.520. The summed E-state index contributed by atoms with van der Waals surface area (Å²) in [4.78, 5) is 15.7. The highest BCUT2D eigenvalue weighted by Crippen LogP contribution is 2.37. The first-order valence-electron chi connectivity index (χ1n) is 5.64. The molecule has 0 aliphatic carbocycles. The zero-order valence-electron chi connectivity index (χ0n) is 10.8. The fourth-order valence-corrected chi connectivity index (χ4v) is 1.99. The number of esters is 1. The van der Waals surface area contributed by atoms with E-state index in [1.807, 2.05) is 0 Å². The van der Waals surface area contributed by atoms with Crippen molar-refractivity contribution < 1.29 is 18.7 Å². The first-order chi connectivity index (χ1) is 9.60. The largest absolute Gasteiger partial charge is 0.496 e. The van der Waals surface area contributed by atoms with Crippen LogP contribution in [0.25, 0.3) is 11.1 Å². The third-order valence-electron chi connectivity index (χ3n) is 2.77. The van der Waals surface area contributed by atoms with Crippen LogP contribution in [-0.4, -0.2) is 25.2 Å². The van der Waals surface area contributed by atoms with Crippen molar-refractivity contribution in [2.45, 2.75) is 0 Å². The second-order valence-electron chi connectivity index (χ2n) is 3.85. The standard InChI is InChI=1S/C14H11ClFNO3/c1-19-11-4-3-10(15)13(16)12(11)9-7-17-6-5-8(9)14(18)20-2/h3-7H,1-2H3. The van der Waals surface area contributed by atoms with E-state index in [4.69, 9.17) is 16.3 Å². The van der Waals surface area contributed by atoms with E-state index in [1.165, 1.54) is 44.8 Å². The Morgan fingerprint density at radius 2 is 2.05 bits per heavy atom. The number of methoxy groups -OCH3 is 2. The number of aromatic nitrogens is 1. The van der Waals surface area contributed by atoms with Gasteiger partial charge in [0.05, 0.1) is 30.4 Å². The fraction of sp³-hybridized carbons (Fsp3) is 0.143. The fourth-order valence-electron chi connectivity index (χ4n) is 1.84. The summed E-state index contributed by atoms with van der Waals surface area (Å²) in [5, 5.41) is -0.0690. The number of nitrogens with zero attached hydrogens (tertiary/aromatic N) is 1. The van der Waals surface area contributed by atoms with Crippen molar-refractivity contribution in [1.29, 1.82) is 0 Å². The molecule has 0 aliphatic heterocycles. The number of pyridine rings is 1. The first kappa shape index (κ1) is 14.3. The van der Waals surface area contributed by atoms with Crippen LogP contribution in [0.4, 0.5) is 4.39 Å².